The molecule has 0 aromatic rings. The summed E-state index contributed by atoms with van der Waals surface area (Å²) < 4.78 is 0.400. The van der Waals surface area contributed by atoms with Gasteiger partial charge in [0.2, 0.25) is 0 Å². The molecule has 0 aliphatic rings. The minimum atomic E-state index is -0.959. The van der Waals surface area contributed by atoms with E-state index in [0.29, 0.717) is 4.48 Å². The number of rotatable bonds is 2. The first-order valence-electron chi connectivity index (χ1n) is 2.34. The lowest BCUT2D eigenvalue weighted by molar-refractivity contribution is -0.132. The van der Waals surface area contributed by atoms with E-state index in [-0.39, 0.29) is 5.57 Å². The van der Waals surface area contributed by atoms with Crippen LogP contribution in [0.2, 0.25) is 0 Å². The van der Waals surface area contributed by atoms with Gasteiger partial charge in [-0.05, 0) is 6.92 Å². The summed E-state index contributed by atoms with van der Waals surface area (Å²) in [7, 11) is 0. The summed E-state index contributed by atoms with van der Waals surface area (Å²) >= 11 is 2.96. The van der Waals surface area contributed by atoms with E-state index < -0.39 is 5.97 Å². The van der Waals surface area contributed by atoms with E-state index in [1.54, 1.807) is 6.92 Å². The molecule has 0 amide bonds. The molecular formula is C6H7BrO2. The quantitative estimate of drug-likeness (QED) is 0.534. The van der Waals surface area contributed by atoms with Gasteiger partial charge < -0.3 is 5.11 Å². The third-order valence-corrected chi connectivity index (χ3v) is 1.24. The van der Waals surface area contributed by atoms with Gasteiger partial charge in [0.25, 0.3) is 0 Å². The standard InChI is InChI=1S/C6H7BrO2/c1-3-5(4(2)7)6(8)9/h3H,2H2,1H3,(H,8,9)/b5-3+. The maximum absolute atomic E-state index is 10.2. The van der Waals surface area contributed by atoms with Crippen LogP contribution in [0.3, 0.4) is 0 Å². The normalized spacial score (nSPS) is 11.1. The predicted molar refractivity (Wildman–Crippen MR) is 39.5 cm³/mol. The number of carbonyl (C=O) groups is 1. The summed E-state index contributed by atoms with van der Waals surface area (Å²) in [5, 5.41) is 8.38. The zero-order valence-electron chi connectivity index (χ0n) is 5.02. The minimum absolute atomic E-state index is 0.204. The number of allylic oxidation sites excluding steroid dienone is 1. The van der Waals surface area contributed by atoms with Crippen molar-refractivity contribution in [1.29, 1.82) is 0 Å². The van der Waals surface area contributed by atoms with Crippen molar-refractivity contribution in [2.45, 2.75) is 6.92 Å². The first-order valence-corrected chi connectivity index (χ1v) is 3.13. The zero-order chi connectivity index (χ0) is 7.44. The summed E-state index contributed by atoms with van der Waals surface area (Å²) in [5.74, 6) is -0.959. The predicted octanol–water partition coefficient (Wildman–Crippen LogP) is 1.93. The van der Waals surface area contributed by atoms with Gasteiger partial charge in [-0.3, -0.25) is 0 Å². The molecule has 0 aliphatic carbocycles. The minimum Gasteiger partial charge on any atom is -0.478 e. The second kappa shape index (κ2) is 3.45. The number of aliphatic carboxylic acids is 1. The van der Waals surface area contributed by atoms with Crippen LogP contribution in [0.25, 0.3) is 0 Å². The lowest BCUT2D eigenvalue weighted by Gasteiger charge is -1.94. The first-order chi connectivity index (χ1) is 4.09. The smallest absolute Gasteiger partial charge is 0.336 e. The molecule has 0 heterocycles. The second-order valence-electron chi connectivity index (χ2n) is 1.41. The summed E-state index contributed by atoms with van der Waals surface area (Å²) in [5.41, 5.74) is 0.204. The second-order valence-corrected chi connectivity index (χ2v) is 2.37. The van der Waals surface area contributed by atoms with Crippen molar-refractivity contribution in [1.82, 2.24) is 0 Å². The van der Waals surface area contributed by atoms with Crippen LogP contribution in [0, 0.1) is 0 Å². The van der Waals surface area contributed by atoms with Gasteiger partial charge in [-0.1, -0.05) is 28.6 Å². The van der Waals surface area contributed by atoms with Gasteiger partial charge in [-0.25, -0.2) is 4.79 Å². The molecular weight excluding hydrogens is 184 g/mol. The summed E-state index contributed by atoms with van der Waals surface area (Å²) in [6, 6.07) is 0. The Hall–Kier alpha value is -0.570. The Kier molecular flexibility index (Phi) is 3.24. The van der Waals surface area contributed by atoms with Crippen molar-refractivity contribution in [3.05, 3.63) is 22.7 Å². The zero-order valence-corrected chi connectivity index (χ0v) is 6.60. The van der Waals surface area contributed by atoms with Crippen LogP contribution in [0.15, 0.2) is 22.7 Å². The summed E-state index contributed by atoms with van der Waals surface area (Å²) in [4.78, 5) is 10.2. The summed E-state index contributed by atoms with van der Waals surface area (Å²) in [6.07, 6.45) is 1.49. The molecule has 0 aliphatic heterocycles. The Balaban J connectivity index is 4.38. The fourth-order valence-corrected chi connectivity index (χ4v) is 0.795. The molecule has 0 aromatic carbocycles. The first kappa shape index (κ1) is 8.43. The Bertz CT molecular complexity index is 154. The van der Waals surface area contributed by atoms with Crippen LogP contribution in [-0.4, -0.2) is 11.1 Å². The van der Waals surface area contributed by atoms with Gasteiger partial charge >= 0.3 is 5.97 Å². The van der Waals surface area contributed by atoms with Crippen molar-refractivity contribution in [3.8, 4) is 0 Å². The molecule has 2 nitrogen and oxygen atoms in total. The third-order valence-electron chi connectivity index (χ3n) is 0.811. The fraction of sp³-hybridized carbons (Fsp3) is 0.167. The number of hydrogen-bond acceptors (Lipinski definition) is 1. The van der Waals surface area contributed by atoms with E-state index in [9.17, 15) is 4.79 Å². The van der Waals surface area contributed by atoms with E-state index >= 15 is 0 Å². The Morgan fingerprint density at radius 1 is 1.78 bits per heavy atom. The molecule has 0 saturated carbocycles. The van der Waals surface area contributed by atoms with Crippen LogP contribution in [0.5, 0.6) is 0 Å². The Morgan fingerprint density at radius 3 is 2.22 bits per heavy atom. The van der Waals surface area contributed by atoms with Crippen LogP contribution in [0.1, 0.15) is 6.92 Å². The molecule has 0 unspecified atom stereocenters. The topological polar surface area (TPSA) is 37.3 Å². The van der Waals surface area contributed by atoms with Gasteiger partial charge in [0.1, 0.15) is 0 Å². The molecule has 0 bridgehead atoms. The third kappa shape index (κ3) is 2.46. The average molecular weight is 191 g/mol. The van der Waals surface area contributed by atoms with Crippen LogP contribution < -0.4 is 0 Å². The molecule has 0 aromatic heterocycles. The van der Waals surface area contributed by atoms with Gasteiger partial charge in [0, 0.05) is 4.48 Å². The van der Waals surface area contributed by atoms with Crippen molar-refractivity contribution in [2.24, 2.45) is 0 Å². The lowest BCUT2D eigenvalue weighted by atomic mass is 10.2. The molecule has 9 heavy (non-hydrogen) atoms. The van der Waals surface area contributed by atoms with Crippen molar-refractivity contribution in [2.75, 3.05) is 0 Å². The highest BCUT2D eigenvalue weighted by Gasteiger charge is 2.05. The molecule has 0 saturated heterocycles. The van der Waals surface area contributed by atoms with Gasteiger partial charge in [-0.15, -0.1) is 0 Å². The number of carboxylic acids is 1. The van der Waals surface area contributed by atoms with E-state index in [1.165, 1.54) is 6.08 Å². The van der Waals surface area contributed by atoms with Gasteiger partial charge in [0.15, 0.2) is 0 Å². The van der Waals surface area contributed by atoms with Gasteiger partial charge in [0.05, 0.1) is 5.57 Å². The van der Waals surface area contributed by atoms with Crippen molar-refractivity contribution in [3.63, 3.8) is 0 Å². The van der Waals surface area contributed by atoms with Crippen LogP contribution in [0.4, 0.5) is 0 Å². The SMILES string of the molecule is C=C(Br)/C(=C\C)C(=O)O. The Morgan fingerprint density at radius 2 is 2.22 bits per heavy atom. The van der Waals surface area contributed by atoms with E-state index in [4.69, 9.17) is 5.11 Å². The highest BCUT2D eigenvalue weighted by atomic mass is 79.9. The number of hydrogen-bond donors (Lipinski definition) is 1. The van der Waals surface area contributed by atoms with Crippen LogP contribution >= 0.6 is 15.9 Å². The van der Waals surface area contributed by atoms with Gasteiger partial charge in [-0.2, -0.15) is 0 Å². The summed E-state index contributed by atoms with van der Waals surface area (Å²) in [6.45, 7) is 5.06. The highest BCUT2D eigenvalue weighted by molar-refractivity contribution is 9.12. The molecule has 0 spiro atoms. The largest absolute Gasteiger partial charge is 0.478 e. The maximum Gasteiger partial charge on any atom is 0.336 e. The molecule has 0 radical (unpaired) electrons. The van der Waals surface area contributed by atoms with Crippen LogP contribution in [-0.2, 0) is 4.79 Å². The molecule has 0 rings (SSSR count). The molecule has 1 N–H and O–H groups in total. The monoisotopic (exact) mass is 190 g/mol. The van der Waals surface area contributed by atoms with E-state index in [1.807, 2.05) is 0 Å². The molecule has 0 fully saturated rings. The molecule has 3 heteroatoms. The molecule has 50 valence electrons. The number of carboxylic acid groups (broad SMARTS) is 1. The van der Waals surface area contributed by atoms with Crippen molar-refractivity contribution >= 4 is 21.9 Å². The fourth-order valence-electron chi connectivity index (χ4n) is 0.396. The number of halogens is 1. The van der Waals surface area contributed by atoms with E-state index in [0.717, 1.165) is 0 Å². The molecule has 0 atom stereocenters. The lowest BCUT2D eigenvalue weighted by Crippen LogP contribution is -1.98. The maximum atomic E-state index is 10.2. The highest BCUT2D eigenvalue weighted by Crippen LogP contribution is 2.13. The average Bonchev–Trinajstić information content (AvgIpc) is 1.64. The Labute approximate surface area is 62.0 Å². The van der Waals surface area contributed by atoms with E-state index in [2.05, 4.69) is 22.5 Å². The van der Waals surface area contributed by atoms with Crippen molar-refractivity contribution < 1.29 is 9.90 Å².